The smallest absolute Gasteiger partial charge is 0.108 e. The van der Waals surface area contributed by atoms with Crippen molar-refractivity contribution in [3.8, 4) is 0 Å². The quantitative estimate of drug-likeness (QED) is 0.315. The number of nitrogens with zero attached hydrogens (tertiary/aromatic N) is 1. The van der Waals surface area contributed by atoms with Gasteiger partial charge < -0.3 is 14.4 Å². The molecule has 3 nitrogen and oxygen atoms in total. The predicted octanol–water partition coefficient (Wildman–Crippen LogP) is 3.29. The van der Waals surface area contributed by atoms with Gasteiger partial charge in [-0.3, -0.25) is 0 Å². The first-order valence-electron chi connectivity index (χ1n) is 8.50. The topological polar surface area (TPSA) is 40.1 Å². The van der Waals surface area contributed by atoms with E-state index >= 15 is 0 Å². The summed E-state index contributed by atoms with van der Waals surface area (Å²) in [4.78, 5) is 10.9. The summed E-state index contributed by atoms with van der Waals surface area (Å²) in [5.41, 5.74) is 0.354. The van der Waals surface area contributed by atoms with E-state index in [9.17, 15) is 9.90 Å². The predicted molar refractivity (Wildman–Crippen MR) is 87.8 cm³/mol. The van der Waals surface area contributed by atoms with E-state index in [1.54, 1.807) is 6.92 Å². The summed E-state index contributed by atoms with van der Waals surface area (Å²) >= 11 is 0. The monoisotopic (exact) mass is 297 g/mol. The van der Waals surface area contributed by atoms with Crippen molar-refractivity contribution >= 4 is 5.97 Å². The third-order valence-corrected chi connectivity index (χ3v) is 4.11. The Labute approximate surface area is 131 Å². The van der Waals surface area contributed by atoms with Crippen LogP contribution in [0.4, 0.5) is 0 Å². The maximum Gasteiger partial charge on any atom is 0.108 e. The zero-order valence-electron chi connectivity index (χ0n) is 14.8. The molecule has 0 N–H and O–H groups in total. The Balaban J connectivity index is 4.05. The lowest BCUT2D eigenvalue weighted by Gasteiger charge is -2.33. The number of carbonyl (C=O) groups excluding carboxylic acids is 1. The number of quaternary nitrogens is 1. The molecule has 0 heterocycles. The Kier molecular flexibility index (Phi) is 10.4. The minimum absolute atomic E-state index is 0.253. The van der Waals surface area contributed by atoms with E-state index in [1.165, 1.54) is 51.4 Å². The molecule has 1 unspecified atom stereocenters. The molecule has 124 valence electrons. The van der Waals surface area contributed by atoms with Crippen LogP contribution in [0.3, 0.4) is 0 Å². The summed E-state index contributed by atoms with van der Waals surface area (Å²) in [7, 11) is 6.36. The number of rotatable bonds is 12. The summed E-state index contributed by atoms with van der Waals surface area (Å²) in [5.74, 6) is -1.05. The van der Waals surface area contributed by atoms with Crippen molar-refractivity contribution in [3.05, 3.63) is 11.6 Å². The van der Waals surface area contributed by atoms with Crippen LogP contribution in [-0.2, 0) is 4.79 Å². The van der Waals surface area contributed by atoms with Gasteiger partial charge in [-0.1, -0.05) is 51.9 Å². The van der Waals surface area contributed by atoms with E-state index in [2.05, 4.69) is 28.1 Å². The highest BCUT2D eigenvalue weighted by molar-refractivity contribution is 5.83. The van der Waals surface area contributed by atoms with Crippen LogP contribution in [0, 0.1) is 0 Å². The summed E-state index contributed by atoms with van der Waals surface area (Å²) in [5, 5.41) is 10.9. The van der Waals surface area contributed by atoms with Gasteiger partial charge in [0.05, 0.1) is 27.1 Å². The number of likely N-dealkylation sites (N-methyl/N-ethyl adjacent to an activating group) is 1. The minimum atomic E-state index is -1.05. The molecular formula is C18H35NO2. The van der Waals surface area contributed by atoms with E-state index in [-0.39, 0.29) is 6.04 Å². The number of hydrogen-bond donors (Lipinski definition) is 0. The molecule has 0 aliphatic heterocycles. The molecule has 0 aromatic rings. The lowest BCUT2D eigenvalue weighted by Crippen LogP contribution is -2.44. The largest absolute Gasteiger partial charge is 0.545 e. The zero-order valence-corrected chi connectivity index (χ0v) is 14.8. The van der Waals surface area contributed by atoms with Crippen LogP contribution in [0.25, 0.3) is 0 Å². The van der Waals surface area contributed by atoms with E-state index in [4.69, 9.17) is 0 Å². The van der Waals surface area contributed by atoms with Crippen molar-refractivity contribution in [3.63, 3.8) is 0 Å². The fourth-order valence-electron chi connectivity index (χ4n) is 2.54. The van der Waals surface area contributed by atoms with E-state index in [1.807, 2.05) is 6.08 Å². The average Bonchev–Trinajstić information content (AvgIpc) is 2.38. The SMILES string of the molecule is CCCCCCCCCCC(C=C(C)C(=O)[O-])[N+](C)(C)C. The second-order valence-corrected chi connectivity index (χ2v) is 7.08. The highest BCUT2D eigenvalue weighted by Crippen LogP contribution is 2.17. The van der Waals surface area contributed by atoms with Gasteiger partial charge in [0.25, 0.3) is 0 Å². The van der Waals surface area contributed by atoms with Crippen LogP contribution in [0.15, 0.2) is 11.6 Å². The molecule has 0 aromatic carbocycles. The Morgan fingerprint density at radius 1 is 1.00 bits per heavy atom. The number of hydrogen-bond acceptors (Lipinski definition) is 2. The zero-order chi connectivity index (χ0) is 16.3. The number of carboxylic acid groups (broad SMARTS) is 1. The fourth-order valence-corrected chi connectivity index (χ4v) is 2.54. The maximum absolute atomic E-state index is 10.9. The number of unbranched alkanes of at least 4 members (excludes halogenated alkanes) is 7. The summed E-state index contributed by atoms with van der Waals surface area (Å²) in [6.45, 7) is 3.87. The molecule has 0 rings (SSSR count). The first-order valence-corrected chi connectivity index (χ1v) is 8.50. The molecule has 0 aromatic heterocycles. The first-order chi connectivity index (χ1) is 9.79. The van der Waals surface area contributed by atoms with Crippen molar-refractivity contribution in [2.45, 2.75) is 77.7 Å². The molecular weight excluding hydrogens is 262 g/mol. The van der Waals surface area contributed by atoms with Crippen LogP contribution < -0.4 is 5.11 Å². The van der Waals surface area contributed by atoms with Gasteiger partial charge in [0.2, 0.25) is 0 Å². The Morgan fingerprint density at radius 3 is 1.90 bits per heavy atom. The first kappa shape index (κ1) is 20.2. The highest BCUT2D eigenvalue weighted by Gasteiger charge is 2.21. The Bertz CT molecular complexity index is 316. The second-order valence-electron chi connectivity index (χ2n) is 7.08. The van der Waals surface area contributed by atoms with Gasteiger partial charge in [-0.2, -0.15) is 0 Å². The van der Waals surface area contributed by atoms with Crippen LogP contribution in [-0.4, -0.2) is 37.6 Å². The van der Waals surface area contributed by atoms with Crippen molar-refractivity contribution < 1.29 is 14.4 Å². The lowest BCUT2D eigenvalue weighted by atomic mass is 10.0. The fraction of sp³-hybridized carbons (Fsp3) is 0.833. The standard InChI is InChI=1S/C18H35NO2/c1-6-7-8-9-10-11-12-13-14-17(19(3,4)5)15-16(2)18(20)21/h15,17H,6-14H2,1-5H3. The summed E-state index contributed by atoms with van der Waals surface area (Å²) in [6.07, 6.45) is 13.4. The van der Waals surface area contributed by atoms with E-state index in [0.717, 1.165) is 10.9 Å². The summed E-state index contributed by atoms with van der Waals surface area (Å²) in [6, 6.07) is 0.253. The van der Waals surface area contributed by atoms with Crippen LogP contribution in [0.2, 0.25) is 0 Å². The average molecular weight is 297 g/mol. The van der Waals surface area contributed by atoms with Gasteiger partial charge in [-0.15, -0.1) is 0 Å². The number of carbonyl (C=O) groups is 1. The molecule has 0 saturated heterocycles. The molecule has 0 saturated carbocycles. The normalized spacial score (nSPS) is 14.2. The Hall–Kier alpha value is -0.830. The molecule has 0 fully saturated rings. The van der Waals surface area contributed by atoms with Gasteiger partial charge >= 0.3 is 0 Å². The minimum Gasteiger partial charge on any atom is -0.545 e. The van der Waals surface area contributed by atoms with Gasteiger partial charge in [0.15, 0.2) is 0 Å². The molecule has 3 heteroatoms. The van der Waals surface area contributed by atoms with Crippen molar-refractivity contribution in [1.82, 2.24) is 0 Å². The molecule has 1 atom stereocenters. The molecule has 0 amide bonds. The van der Waals surface area contributed by atoms with Crippen LogP contribution >= 0.6 is 0 Å². The van der Waals surface area contributed by atoms with Crippen molar-refractivity contribution in [1.29, 1.82) is 0 Å². The summed E-state index contributed by atoms with van der Waals surface area (Å²) < 4.78 is 0.765. The van der Waals surface area contributed by atoms with Crippen molar-refractivity contribution in [2.75, 3.05) is 21.1 Å². The highest BCUT2D eigenvalue weighted by atomic mass is 16.4. The molecule has 0 radical (unpaired) electrons. The van der Waals surface area contributed by atoms with Crippen LogP contribution in [0.5, 0.6) is 0 Å². The van der Waals surface area contributed by atoms with Gasteiger partial charge in [0, 0.05) is 6.42 Å². The third-order valence-electron chi connectivity index (χ3n) is 4.11. The molecule has 0 spiro atoms. The second kappa shape index (κ2) is 10.8. The Morgan fingerprint density at radius 2 is 1.48 bits per heavy atom. The van der Waals surface area contributed by atoms with Crippen molar-refractivity contribution in [2.24, 2.45) is 0 Å². The van der Waals surface area contributed by atoms with E-state index in [0.29, 0.717) is 5.57 Å². The van der Waals surface area contributed by atoms with E-state index < -0.39 is 5.97 Å². The molecule has 0 aliphatic rings. The molecule has 0 aliphatic carbocycles. The van der Waals surface area contributed by atoms with Gasteiger partial charge in [0.1, 0.15) is 6.04 Å². The van der Waals surface area contributed by atoms with Gasteiger partial charge in [-0.25, -0.2) is 0 Å². The maximum atomic E-state index is 10.9. The molecule has 0 bridgehead atoms. The lowest BCUT2D eigenvalue weighted by molar-refractivity contribution is -0.889. The number of aliphatic carboxylic acids is 1. The number of carboxylic acids is 1. The van der Waals surface area contributed by atoms with Gasteiger partial charge in [-0.05, 0) is 25.0 Å². The molecule has 21 heavy (non-hydrogen) atoms. The third kappa shape index (κ3) is 10.5. The van der Waals surface area contributed by atoms with Crippen LogP contribution in [0.1, 0.15) is 71.6 Å².